The lowest BCUT2D eigenvalue weighted by Crippen LogP contribution is -2.31. The van der Waals surface area contributed by atoms with Crippen LogP contribution in [-0.4, -0.2) is 20.4 Å². The van der Waals surface area contributed by atoms with Crippen molar-refractivity contribution < 1.29 is 17.6 Å². The molecule has 0 bridgehead atoms. The van der Waals surface area contributed by atoms with Crippen molar-refractivity contribution in [3.05, 3.63) is 82.6 Å². The molecule has 0 unspecified atom stereocenters. The first kappa shape index (κ1) is 22.1. The predicted octanol–water partition coefficient (Wildman–Crippen LogP) is 4.36. The number of carbonyl (C=O) groups is 1. The molecule has 0 radical (unpaired) electrons. The van der Waals surface area contributed by atoms with Crippen LogP contribution in [0.25, 0.3) is 11.3 Å². The van der Waals surface area contributed by atoms with E-state index in [0.717, 1.165) is 5.56 Å². The second-order valence-electron chi connectivity index (χ2n) is 7.13. The van der Waals surface area contributed by atoms with Crippen LogP contribution >= 0.6 is 11.6 Å². The molecule has 0 aliphatic rings. The molecule has 8 heteroatoms. The van der Waals surface area contributed by atoms with Gasteiger partial charge in [-0.3, -0.25) is 4.79 Å². The van der Waals surface area contributed by atoms with E-state index >= 15 is 0 Å². The molecule has 158 valence electrons. The summed E-state index contributed by atoms with van der Waals surface area (Å²) in [6, 6.07) is 17.4. The highest BCUT2D eigenvalue weighted by Crippen LogP contribution is 2.29. The smallest absolute Gasteiger partial charge is 0.287 e. The van der Waals surface area contributed by atoms with Crippen molar-refractivity contribution in [2.45, 2.75) is 32.2 Å². The highest BCUT2D eigenvalue weighted by Gasteiger charge is 2.17. The molecule has 0 aliphatic heterocycles. The van der Waals surface area contributed by atoms with Crippen LogP contribution in [0.1, 0.15) is 35.5 Å². The summed E-state index contributed by atoms with van der Waals surface area (Å²) in [6.07, 6.45) is 0. The molecule has 0 spiro atoms. The molecular formula is C22H23ClN2O4S. The third-order valence-electron chi connectivity index (χ3n) is 4.29. The summed E-state index contributed by atoms with van der Waals surface area (Å²) >= 11 is 6.18. The average Bonchev–Trinajstić information content (AvgIpc) is 3.16. The van der Waals surface area contributed by atoms with Crippen LogP contribution in [0.5, 0.6) is 0 Å². The second-order valence-corrected chi connectivity index (χ2v) is 9.29. The maximum Gasteiger partial charge on any atom is 0.287 e. The number of benzene rings is 2. The summed E-state index contributed by atoms with van der Waals surface area (Å²) < 4.78 is 32.7. The van der Waals surface area contributed by atoms with Crippen LogP contribution in [0.4, 0.5) is 0 Å². The molecule has 0 fully saturated rings. The van der Waals surface area contributed by atoms with Crippen LogP contribution in [0.15, 0.2) is 65.1 Å². The summed E-state index contributed by atoms with van der Waals surface area (Å²) in [5.41, 5.74) is 2.05. The van der Waals surface area contributed by atoms with E-state index in [1.807, 2.05) is 18.2 Å². The molecule has 1 amide bonds. The Morgan fingerprint density at radius 3 is 2.37 bits per heavy atom. The Hall–Kier alpha value is -2.61. The van der Waals surface area contributed by atoms with E-state index in [0.29, 0.717) is 21.9 Å². The number of hydrogen-bond donors (Lipinski definition) is 2. The van der Waals surface area contributed by atoms with Gasteiger partial charge in [-0.15, -0.1) is 0 Å². The van der Waals surface area contributed by atoms with Crippen LogP contribution in [0.3, 0.4) is 0 Å². The normalized spacial score (nSPS) is 11.6. The first-order valence-electron chi connectivity index (χ1n) is 9.45. The molecule has 6 nitrogen and oxygen atoms in total. The van der Waals surface area contributed by atoms with Crippen LogP contribution in [0.2, 0.25) is 5.02 Å². The molecule has 30 heavy (non-hydrogen) atoms. The first-order valence-corrected chi connectivity index (χ1v) is 11.5. The van der Waals surface area contributed by atoms with E-state index in [9.17, 15) is 13.2 Å². The molecule has 3 rings (SSSR count). The van der Waals surface area contributed by atoms with Gasteiger partial charge in [-0.2, -0.15) is 0 Å². The largest absolute Gasteiger partial charge is 0.451 e. The van der Waals surface area contributed by atoms with E-state index < -0.39 is 15.9 Å². The van der Waals surface area contributed by atoms with Crippen molar-refractivity contribution in [2.75, 3.05) is 0 Å². The molecule has 1 heterocycles. The molecule has 1 aromatic heterocycles. The Labute approximate surface area is 181 Å². The summed E-state index contributed by atoms with van der Waals surface area (Å²) in [5.74, 6) is 0.0917. The molecule has 3 aromatic rings. The van der Waals surface area contributed by atoms with Crippen molar-refractivity contribution in [3.63, 3.8) is 0 Å². The summed E-state index contributed by atoms with van der Waals surface area (Å²) in [4.78, 5) is 12.5. The Bertz CT molecular complexity index is 1140. The van der Waals surface area contributed by atoms with Gasteiger partial charge >= 0.3 is 0 Å². The molecule has 0 atom stereocenters. The zero-order valence-electron chi connectivity index (χ0n) is 16.7. The lowest BCUT2D eigenvalue weighted by atomic mass is 10.1. The van der Waals surface area contributed by atoms with Crippen LogP contribution in [-0.2, 0) is 22.3 Å². The fraction of sp³-hybridized carbons (Fsp3) is 0.227. The van der Waals surface area contributed by atoms with Gasteiger partial charge in [0.15, 0.2) is 5.76 Å². The Balaban J connectivity index is 1.70. The number of sulfonamides is 1. The van der Waals surface area contributed by atoms with E-state index in [1.165, 1.54) is 0 Å². The van der Waals surface area contributed by atoms with Gasteiger partial charge in [0.05, 0.1) is 10.8 Å². The van der Waals surface area contributed by atoms with Gasteiger partial charge in [0.25, 0.3) is 5.91 Å². The van der Waals surface area contributed by atoms with E-state index in [-0.39, 0.29) is 24.1 Å². The Morgan fingerprint density at radius 1 is 1.00 bits per heavy atom. The zero-order chi connectivity index (χ0) is 21.7. The van der Waals surface area contributed by atoms with Crippen LogP contribution in [0, 0.1) is 0 Å². The van der Waals surface area contributed by atoms with Crippen molar-refractivity contribution in [1.82, 2.24) is 10.0 Å². The van der Waals surface area contributed by atoms with Gasteiger partial charge in [-0.25, -0.2) is 13.1 Å². The van der Waals surface area contributed by atoms with Crippen molar-refractivity contribution >= 4 is 27.5 Å². The second kappa shape index (κ2) is 9.47. The monoisotopic (exact) mass is 446 g/mol. The highest BCUT2D eigenvalue weighted by atomic mass is 35.5. The van der Waals surface area contributed by atoms with Crippen molar-refractivity contribution in [3.8, 4) is 11.3 Å². The molecular weight excluding hydrogens is 424 g/mol. The quantitative estimate of drug-likeness (QED) is 0.538. The zero-order valence-corrected chi connectivity index (χ0v) is 18.3. The third kappa shape index (κ3) is 5.72. The van der Waals surface area contributed by atoms with E-state index in [1.54, 1.807) is 56.3 Å². The topological polar surface area (TPSA) is 88.4 Å². The predicted molar refractivity (Wildman–Crippen MR) is 118 cm³/mol. The first-order chi connectivity index (χ1) is 14.2. The number of carbonyl (C=O) groups excluding carboxylic acids is 1. The van der Waals surface area contributed by atoms with Gasteiger partial charge in [0, 0.05) is 18.2 Å². The molecule has 2 aromatic carbocycles. The van der Waals surface area contributed by atoms with Gasteiger partial charge in [0.1, 0.15) is 5.76 Å². The van der Waals surface area contributed by atoms with Crippen LogP contribution < -0.4 is 10.0 Å². The SMILES string of the molecule is CC(C)NS(=O)(=O)Cc1ccccc1CNC(=O)c1ccc(-c2ccccc2Cl)o1. The minimum Gasteiger partial charge on any atom is -0.451 e. The Kier molecular flexibility index (Phi) is 6.97. The Morgan fingerprint density at radius 2 is 1.67 bits per heavy atom. The number of hydrogen-bond acceptors (Lipinski definition) is 4. The van der Waals surface area contributed by atoms with Gasteiger partial charge in [-0.05, 0) is 49.2 Å². The minimum absolute atomic E-state index is 0.150. The maximum atomic E-state index is 12.5. The van der Waals surface area contributed by atoms with Gasteiger partial charge in [-0.1, -0.05) is 48.0 Å². The highest BCUT2D eigenvalue weighted by molar-refractivity contribution is 7.88. The fourth-order valence-corrected chi connectivity index (χ4v) is 4.73. The molecule has 0 saturated heterocycles. The number of halogens is 1. The standard InChI is InChI=1S/C22H23ClN2O4S/c1-15(2)25-30(27,28)14-17-8-4-3-7-16(17)13-24-22(26)21-12-11-20(29-21)18-9-5-6-10-19(18)23/h3-12,15,25H,13-14H2,1-2H3,(H,24,26). The average molecular weight is 447 g/mol. The molecule has 0 saturated carbocycles. The molecule has 0 aliphatic carbocycles. The lowest BCUT2D eigenvalue weighted by Gasteiger charge is -2.13. The number of nitrogens with one attached hydrogen (secondary N) is 2. The summed E-state index contributed by atoms with van der Waals surface area (Å²) in [6.45, 7) is 3.71. The van der Waals surface area contributed by atoms with E-state index in [2.05, 4.69) is 10.0 Å². The molecule has 2 N–H and O–H groups in total. The summed E-state index contributed by atoms with van der Waals surface area (Å²) in [5, 5.41) is 3.31. The van der Waals surface area contributed by atoms with Crippen molar-refractivity contribution in [1.29, 1.82) is 0 Å². The van der Waals surface area contributed by atoms with E-state index in [4.69, 9.17) is 16.0 Å². The maximum absolute atomic E-state index is 12.5. The lowest BCUT2D eigenvalue weighted by molar-refractivity contribution is 0.0924. The number of amides is 1. The number of rotatable bonds is 8. The third-order valence-corrected chi connectivity index (χ3v) is 6.14. The number of furan rings is 1. The minimum atomic E-state index is -3.47. The summed E-state index contributed by atoms with van der Waals surface area (Å²) in [7, 11) is -3.47. The van der Waals surface area contributed by atoms with Gasteiger partial charge in [0.2, 0.25) is 10.0 Å². The fourth-order valence-electron chi connectivity index (χ4n) is 3.00. The van der Waals surface area contributed by atoms with Gasteiger partial charge < -0.3 is 9.73 Å². The van der Waals surface area contributed by atoms with Crippen molar-refractivity contribution in [2.24, 2.45) is 0 Å².